The fourth-order valence-electron chi connectivity index (χ4n) is 2.43. The monoisotopic (exact) mass is 319 g/mol. The van der Waals surface area contributed by atoms with Crippen molar-refractivity contribution in [2.24, 2.45) is 0 Å². The second-order valence-electron chi connectivity index (χ2n) is 5.32. The molecule has 1 aromatic heterocycles. The van der Waals surface area contributed by atoms with Crippen LogP contribution in [0.5, 0.6) is 0 Å². The Morgan fingerprint density at radius 2 is 2.23 bits per heavy atom. The number of nitrogens with zero attached hydrogens (tertiary/aromatic N) is 1. The van der Waals surface area contributed by atoms with Gasteiger partial charge in [0.25, 0.3) is 11.5 Å². The van der Waals surface area contributed by atoms with Gasteiger partial charge in [0.15, 0.2) is 0 Å². The highest BCUT2D eigenvalue weighted by Gasteiger charge is 2.34. The smallest absolute Gasteiger partial charge is 0.392 e. The number of alkyl halides is 3. The number of H-pyrrole nitrogens is 1. The number of carbonyl (C=O) groups excluding carboxylic acids is 1. The molecule has 22 heavy (non-hydrogen) atoms. The number of likely N-dealkylation sites (N-methyl/N-ethyl adjacent to an activating group) is 1. The number of carbonyl (C=O) groups is 1. The van der Waals surface area contributed by atoms with Crippen LogP contribution in [0, 0.1) is 0 Å². The van der Waals surface area contributed by atoms with Gasteiger partial charge in [-0.25, -0.2) is 0 Å². The molecule has 0 bridgehead atoms. The van der Waals surface area contributed by atoms with Crippen LogP contribution in [-0.2, 0) is 6.18 Å². The summed E-state index contributed by atoms with van der Waals surface area (Å²) in [5.41, 5.74) is -2.97. The third-order valence-electron chi connectivity index (χ3n) is 3.64. The number of hydrogen-bond acceptors (Lipinski definition) is 4. The van der Waals surface area contributed by atoms with E-state index >= 15 is 0 Å². The van der Waals surface area contributed by atoms with Gasteiger partial charge in [-0.15, -0.1) is 0 Å². The lowest BCUT2D eigenvalue weighted by Crippen LogP contribution is -2.38. The third kappa shape index (κ3) is 3.66. The van der Waals surface area contributed by atoms with Crippen molar-refractivity contribution in [2.75, 3.05) is 20.1 Å². The highest BCUT2D eigenvalue weighted by molar-refractivity contribution is 5.94. The maximum absolute atomic E-state index is 12.6. The molecule has 9 heteroatoms. The standard InChI is InChI=1S/C13H16F3N3O3/c1-19-6-9(20)3-8(19)5-18-11(21)7-2-10(13(14,15)16)12(22)17-4-7/h2,4,8-9,20H,3,5-6H2,1H3,(H,17,22)(H,18,21). The second kappa shape index (κ2) is 6.09. The Bertz CT molecular complexity index is 615. The summed E-state index contributed by atoms with van der Waals surface area (Å²) in [7, 11) is 1.79. The molecule has 2 heterocycles. The molecule has 1 amide bonds. The molecular formula is C13H16F3N3O3. The van der Waals surface area contributed by atoms with Crippen molar-refractivity contribution in [3.63, 3.8) is 0 Å². The van der Waals surface area contributed by atoms with E-state index in [1.54, 1.807) is 7.05 Å². The summed E-state index contributed by atoms with van der Waals surface area (Å²) in [4.78, 5) is 26.8. The molecule has 122 valence electrons. The highest BCUT2D eigenvalue weighted by atomic mass is 19.4. The summed E-state index contributed by atoms with van der Waals surface area (Å²) < 4.78 is 37.9. The summed E-state index contributed by atoms with van der Waals surface area (Å²) in [6, 6.07) is 0.449. The first-order valence-corrected chi connectivity index (χ1v) is 6.65. The van der Waals surface area contributed by atoms with E-state index < -0.39 is 29.3 Å². The number of pyridine rings is 1. The number of halogens is 3. The molecule has 1 fully saturated rings. The predicted octanol–water partition coefficient (Wildman–Crippen LogP) is 0.188. The van der Waals surface area contributed by atoms with Crippen LogP contribution in [0.1, 0.15) is 22.3 Å². The van der Waals surface area contributed by atoms with Crippen molar-refractivity contribution >= 4 is 5.91 Å². The van der Waals surface area contributed by atoms with E-state index in [1.807, 2.05) is 9.88 Å². The zero-order chi connectivity index (χ0) is 16.5. The second-order valence-corrected chi connectivity index (χ2v) is 5.32. The Kier molecular flexibility index (Phi) is 4.57. The number of β-amino-alcohol motifs (C(OH)–C–C–N with tert-alkyl or cyclic N) is 1. The summed E-state index contributed by atoms with van der Waals surface area (Å²) in [6.45, 7) is 0.685. The van der Waals surface area contributed by atoms with Gasteiger partial charge in [0, 0.05) is 25.3 Å². The number of aromatic nitrogens is 1. The summed E-state index contributed by atoms with van der Waals surface area (Å²) in [6.07, 6.45) is -3.87. The Morgan fingerprint density at radius 3 is 2.77 bits per heavy atom. The first-order valence-electron chi connectivity index (χ1n) is 6.65. The van der Waals surface area contributed by atoms with Crippen LogP contribution in [0.3, 0.4) is 0 Å². The van der Waals surface area contributed by atoms with Gasteiger partial charge >= 0.3 is 6.18 Å². The van der Waals surface area contributed by atoms with Gasteiger partial charge in [-0.3, -0.25) is 14.5 Å². The number of nitrogens with one attached hydrogen (secondary N) is 2. The fourth-order valence-corrected chi connectivity index (χ4v) is 2.43. The average Bonchev–Trinajstić information content (AvgIpc) is 2.73. The molecule has 1 aliphatic rings. The number of aliphatic hydroxyl groups is 1. The average molecular weight is 319 g/mol. The number of likely N-dealkylation sites (tertiary alicyclic amines) is 1. The van der Waals surface area contributed by atoms with E-state index in [1.165, 1.54) is 0 Å². The van der Waals surface area contributed by atoms with Crippen molar-refractivity contribution in [3.05, 3.63) is 33.7 Å². The summed E-state index contributed by atoms with van der Waals surface area (Å²) in [5.74, 6) is -0.712. The van der Waals surface area contributed by atoms with Gasteiger partial charge in [-0.1, -0.05) is 0 Å². The molecule has 2 rings (SSSR count). The number of aliphatic hydroxyl groups excluding tert-OH is 1. The Hall–Kier alpha value is -1.87. The quantitative estimate of drug-likeness (QED) is 0.742. The molecule has 0 radical (unpaired) electrons. The maximum atomic E-state index is 12.6. The van der Waals surface area contributed by atoms with Gasteiger partial charge in [0.05, 0.1) is 11.7 Å². The summed E-state index contributed by atoms with van der Waals surface area (Å²) >= 11 is 0. The van der Waals surface area contributed by atoms with Crippen LogP contribution in [0.25, 0.3) is 0 Å². The van der Waals surface area contributed by atoms with E-state index in [0.717, 1.165) is 6.20 Å². The molecule has 1 aromatic rings. The molecule has 0 aliphatic carbocycles. The SMILES string of the molecule is CN1CC(O)CC1CNC(=O)c1c[nH]c(=O)c(C(F)(F)F)c1. The number of aromatic amines is 1. The zero-order valence-electron chi connectivity index (χ0n) is 11.8. The van der Waals surface area contributed by atoms with Gasteiger partial charge in [0.2, 0.25) is 0 Å². The third-order valence-corrected chi connectivity index (χ3v) is 3.64. The van der Waals surface area contributed by atoms with Crippen molar-refractivity contribution in [2.45, 2.75) is 24.7 Å². The van der Waals surface area contributed by atoms with Crippen LogP contribution in [-0.4, -0.2) is 53.2 Å². The van der Waals surface area contributed by atoms with E-state index in [9.17, 15) is 27.9 Å². The minimum Gasteiger partial charge on any atom is -0.392 e. The van der Waals surface area contributed by atoms with E-state index in [0.29, 0.717) is 19.0 Å². The fraction of sp³-hybridized carbons (Fsp3) is 0.538. The zero-order valence-corrected chi connectivity index (χ0v) is 11.8. The van der Waals surface area contributed by atoms with Crippen LogP contribution >= 0.6 is 0 Å². The van der Waals surface area contributed by atoms with E-state index in [-0.39, 0.29) is 18.2 Å². The van der Waals surface area contributed by atoms with Crippen LogP contribution in [0.15, 0.2) is 17.1 Å². The first kappa shape index (κ1) is 16.5. The van der Waals surface area contributed by atoms with E-state index in [4.69, 9.17) is 0 Å². The van der Waals surface area contributed by atoms with Crippen molar-refractivity contribution in [3.8, 4) is 0 Å². The molecule has 2 atom stereocenters. The van der Waals surface area contributed by atoms with Crippen molar-refractivity contribution < 1.29 is 23.1 Å². The largest absolute Gasteiger partial charge is 0.421 e. The topological polar surface area (TPSA) is 85.4 Å². The minimum atomic E-state index is -4.82. The molecule has 0 aromatic carbocycles. The van der Waals surface area contributed by atoms with Crippen molar-refractivity contribution in [1.29, 1.82) is 0 Å². The Morgan fingerprint density at radius 1 is 1.55 bits per heavy atom. The van der Waals surface area contributed by atoms with Crippen LogP contribution in [0.4, 0.5) is 13.2 Å². The normalized spacial score (nSPS) is 22.8. The Labute approximate surface area is 123 Å². The predicted molar refractivity (Wildman–Crippen MR) is 71.4 cm³/mol. The number of rotatable bonds is 3. The van der Waals surface area contributed by atoms with E-state index in [2.05, 4.69) is 5.32 Å². The van der Waals surface area contributed by atoms with Gasteiger partial charge in [-0.05, 0) is 19.5 Å². The lowest BCUT2D eigenvalue weighted by molar-refractivity contribution is -0.138. The molecule has 3 N–H and O–H groups in total. The molecular weight excluding hydrogens is 303 g/mol. The van der Waals surface area contributed by atoms with Gasteiger partial charge < -0.3 is 15.4 Å². The Balaban J connectivity index is 2.06. The molecule has 0 saturated carbocycles. The van der Waals surface area contributed by atoms with Crippen LogP contribution in [0.2, 0.25) is 0 Å². The lowest BCUT2D eigenvalue weighted by atomic mass is 10.1. The molecule has 2 unspecified atom stereocenters. The van der Waals surface area contributed by atoms with Gasteiger partial charge in [-0.2, -0.15) is 13.2 Å². The highest BCUT2D eigenvalue weighted by Crippen LogP contribution is 2.26. The number of amides is 1. The molecule has 0 spiro atoms. The molecule has 1 saturated heterocycles. The van der Waals surface area contributed by atoms with Crippen LogP contribution < -0.4 is 10.9 Å². The minimum absolute atomic E-state index is 0.0798. The molecule has 6 nitrogen and oxygen atoms in total. The van der Waals surface area contributed by atoms with Crippen molar-refractivity contribution in [1.82, 2.24) is 15.2 Å². The number of hydrogen-bond donors (Lipinski definition) is 3. The van der Waals surface area contributed by atoms with Gasteiger partial charge in [0.1, 0.15) is 5.56 Å². The summed E-state index contributed by atoms with van der Waals surface area (Å²) in [5, 5.41) is 12.0. The maximum Gasteiger partial charge on any atom is 0.421 e. The lowest BCUT2D eigenvalue weighted by Gasteiger charge is -2.19. The molecule has 1 aliphatic heterocycles. The first-order chi connectivity index (χ1) is 10.2.